The van der Waals surface area contributed by atoms with Crippen LogP contribution < -0.4 is 5.32 Å². The van der Waals surface area contributed by atoms with Crippen molar-refractivity contribution in [2.45, 2.75) is 25.6 Å². The average molecular weight is 256 g/mol. The quantitative estimate of drug-likeness (QED) is 0.904. The number of alkyl halides is 3. The first-order chi connectivity index (χ1) is 8.38. The van der Waals surface area contributed by atoms with E-state index < -0.39 is 23.7 Å². The molecule has 0 heterocycles. The van der Waals surface area contributed by atoms with Crippen molar-refractivity contribution < 1.29 is 18.0 Å². The van der Waals surface area contributed by atoms with Crippen molar-refractivity contribution >= 4 is 5.91 Å². The molecule has 0 saturated heterocycles. The van der Waals surface area contributed by atoms with Crippen molar-refractivity contribution in [2.75, 3.05) is 0 Å². The second-order valence-corrected chi connectivity index (χ2v) is 3.64. The maximum Gasteiger partial charge on any atom is 0.416 e. The molecule has 0 spiro atoms. The summed E-state index contributed by atoms with van der Waals surface area (Å²) in [5, 5.41) is 11.0. The molecule has 1 atom stereocenters. The molecule has 1 amide bonds. The molecule has 0 aromatic heterocycles. The van der Waals surface area contributed by atoms with E-state index in [0.29, 0.717) is 6.42 Å². The lowest BCUT2D eigenvalue weighted by Crippen LogP contribution is -2.33. The van der Waals surface area contributed by atoms with Crippen molar-refractivity contribution in [2.24, 2.45) is 0 Å². The molecule has 0 aliphatic rings. The Bertz CT molecular complexity index is 477. The standard InChI is InChI=1S/C12H11F3N2O/c1-2-10(7-16)17-11(18)8-4-3-5-9(6-8)12(13,14)15/h3-6,10H,2H2,1H3,(H,17,18). The van der Waals surface area contributed by atoms with Crippen molar-refractivity contribution in [3.8, 4) is 6.07 Å². The first kappa shape index (κ1) is 14.0. The minimum Gasteiger partial charge on any atom is -0.336 e. The van der Waals surface area contributed by atoms with Gasteiger partial charge in [0, 0.05) is 5.56 Å². The van der Waals surface area contributed by atoms with Crippen LogP contribution in [0.4, 0.5) is 13.2 Å². The summed E-state index contributed by atoms with van der Waals surface area (Å²) in [6, 6.07) is 5.22. The number of rotatable bonds is 3. The van der Waals surface area contributed by atoms with Crippen molar-refractivity contribution in [1.82, 2.24) is 5.32 Å². The van der Waals surface area contributed by atoms with Crippen LogP contribution in [-0.2, 0) is 6.18 Å². The van der Waals surface area contributed by atoms with Gasteiger partial charge in [-0.05, 0) is 24.6 Å². The number of hydrogen-bond acceptors (Lipinski definition) is 2. The molecule has 6 heteroatoms. The van der Waals surface area contributed by atoms with E-state index in [4.69, 9.17) is 5.26 Å². The maximum absolute atomic E-state index is 12.4. The van der Waals surface area contributed by atoms with Crippen LogP contribution in [0.2, 0.25) is 0 Å². The summed E-state index contributed by atoms with van der Waals surface area (Å²) >= 11 is 0. The number of nitrogens with one attached hydrogen (secondary N) is 1. The Morgan fingerprint density at radius 1 is 1.50 bits per heavy atom. The summed E-state index contributed by atoms with van der Waals surface area (Å²) in [7, 11) is 0. The molecule has 18 heavy (non-hydrogen) atoms. The third-order valence-corrected chi connectivity index (χ3v) is 2.32. The third kappa shape index (κ3) is 3.48. The highest BCUT2D eigenvalue weighted by atomic mass is 19.4. The molecule has 1 unspecified atom stereocenters. The second kappa shape index (κ2) is 5.54. The molecule has 1 rings (SSSR count). The second-order valence-electron chi connectivity index (χ2n) is 3.64. The SMILES string of the molecule is CCC(C#N)NC(=O)c1cccc(C(F)(F)F)c1. The predicted molar refractivity (Wildman–Crippen MR) is 58.6 cm³/mol. The highest BCUT2D eigenvalue weighted by Crippen LogP contribution is 2.29. The lowest BCUT2D eigenvalue weighted by Gasteiger charge is -2.11. The third-order valence-electron chi connectivity index (χ3n) is 2.32. The normalized spacial score (nSPS) is 12.6. The Kier molecular flexibility index (Phi) is 4.32. The zero-order chi connectivity index (χ0) is 13.8. The van der Waals surface area contributed by atoms with Gasteiger partial charge in [0.15, 0.2) is 0 Å². The van der Waals surface area contributed by atoms with Crippen LogP contribution in [0.3, 0.4) is 0 Å². The number of nitriles is 1. The van der Waals surface area contributed by atoms with Crippen LogP contribution in [0.5, 0.6) is 0 Å². The van der Waals surface area contributed by atoms with E-state index >= 15 is 0 Å². The van der Waals surface area contributed by atoms with Gasteiger partial charge in [0.2, 0.25) is 0 Å². The minimum atomic E-state index is -4.49. The van der Waals surface area contributed by atoms with E-state index in [1.807, 2.05) is 6.07 Å². The first-order valence-corrected chi connectivity index (χ1v) is 5.26. The summed E-state index contributed by atoms with van der Waals surface area (Å²) in [4.78, 5) is 11.6. The molecular formula is C12H11F3N2O. The first-order valence-electron chi connectivity index (χ1n) is 5.26. The van der Waals surface area contributed by atoms with Crippen LogP contribution in [0, 0.1) is 11.3 Å². The fraction of sp³-hybridized carbons (Fsp3) is 0.333. The van der Waals surface area contributed by atoms with Crippen LogP contribution in [-0.4, -0.2) is 11.9 Å². The number of benzene rings is 1. The molecule has 0 saturated carbocycles. The van der Waals surface area contributed by atoms with Gasteiger partial charge >= 0.3 is 6.18 Å². The van der Waals surface area contributed by atoms with Crippen molar-refractivity contribution in [3.05, 3.63) is 35.4 Å². The molecule has 0 fully saturated rings. The highest BCUT2D eigenvalue weighted by molar-refractivity contribution is 5.94. The highest BCUT2D eigenvalue weighted by Gasteiger charge is 2.30. The van der Waals surface area contributed by atoms with E-state index in [1.165, 1.54) is 6.07 Å². The van der Waals surface area contributed by atoms with Gasteiger partial charge in [-0.15, -0.1) is 0 Å². The van der Waals surface area contributed by atoms with Crippen LogP contribution >= 0.6 is 0 Å². The number of halogens is 3. The van der Waals surface area contributed by atoms with Gasteiger partial charge in [-0.2, -0.15) is 18.4 Å². The molecule has 0 aliphatic heterocycles. The van der Waals surface area contributed by atoms with Gasteiger partial charge in [0.25, 0.3) is 5.91 Å². The fourth-order valence-corrected chi connectivity index (χ4v) is 1.30. The van der Waals surface area contributed by atoms with Crippen LogP contribution in [0.15, 0.2) is 24.3 Å². The summed E-state index contributed by atoms with van der Waals surface area (Å²) in [6.07, 6.45) is -4.10. The lowest BCUT2D eigenvalue weighted by molar-refractivity contribution is -0.137. The number of carbonyl (C=O) groups is 1. The molecule has 0 aliphatic carbocycles. The molecule has 0 radical (unpaired) electrons. The molecular weight excluding hydrogens is 245 g/mol. The minimum absolute atomic E-state index is 0.112. The van der Waals surface area contributed by atoms with Crippen molar-refractivity contribution in [3.63, 3.8) is 0 Å². The molecule has 0 bridgehead atoms. The molecule has 96 valence electrons. The van der Waals surface area contributed by atoms with Gasteiger partial charge in [0.05, 0.1) is 11.6 Å². The number of amides is 1. The summed E-state index contributed by atoms with van der Waals surface area (Å²) in [5.74, 6) is -0.686. The molecule has 1 aromatic rings. The summed E-state index contributed by atoms with van der Waals surface area (Å²) in [6.45, 7) is 1.69. The number of carbonyl (C=O) groups excluding carboxylic acids is 1. The predicted octanol–water partition coefficient (Wildman–Crippen LogP) is 2.74. The van der Waals surface area contributed by atoms with E-state index in [1.54, 1.807) is 6.92 Å². The van der Waals surface area contributed by atoms with Gasteiger partial charge in [-0.3, -0.25) is 4.79 Å². The van der Waals surface area contributed by atoms with E-state index in [0.717, 1.165) is 18.2 Å². The van der Waals surface area contributed by atoms with Gasteiger partial charge < -0.3 is 5.32 Å². The smallest absolute Gasteiger partial charge is 0.336 e. The Morgan fingerprint density at radius 3 is 2.67 bits per heavy atom. The fourth-order valence-electron chi connectivity index (χ4n) is 1.30. The monoisotopic (exact) mass is 256 g/mol. The van der Waals surface area contributed by atoms with E-state index in [9.17, 15) is 18.0 Å². The zero-order valence-corrected chi connectivity index (χ0v) is 9.58. The Labute approximate surface area is 102 Å². The van der Waals surface area contributed by atoms with Crippen LogP contribution in [0.25, 0.3) is 0 Å². The maximum atomic E-state index is 12.4. The average Bonchev–Trinajstić information content (AvgIpc) is 2.34. The number of nitrogens with zero attached hydrogens (tertiary/aromatic N) is 1. The topological polar surface area (TPSA) is 52.9 Å². The Balaban J connectivity index is 2.91. The lowest BCUT2D eigenvalue weighted by atomic mass is 10.1. The van der Waals surface area contributed by atoms with Crippen molar-refractivity contribution in [1.29, 1.82) is 5.26 Å². The summed E-state index contributed by atoms with van der Waals surface area (Å²) in [5.41, 5.74) is -1.00. The Morgan fingerprint density at radius 2 is 2.17 bits per heavy atom. The van der Waals surface area contributed by atoms with E-state index in [-0.39, 0.29) is 5.56 Å². The zero-order valence-electron chi connectivity index (χ0n) is 9.58. The molecule has 1 N–H and O–H groups in total. The molecule has 3 nitrogen and oxygen atoms in total. The largest absolute Gasteiger partial charge is 0.416 e. The number of hydrogen-bond donors (Lipinski definition) is 1. The molecule has 1 aromatic carbocycles. The van der Waals surface area contributed by atoms with Gasteiger partial charge in [-0.25, -0.2) is 0 Å². The summed E-state index contributed by atoms with van der Waals surface area (Å²) < 4.78 is 37.3. The van der Waals surface area contributed by atoms with E-state index in [2.05, 4.69) is 5.32 Å². The van der Waals surface area contributed by atoms with Gasteiger partial charge in [0.1, 0.15) is 6.04 Å². The van der Waals surface area contributed by atoms with Gasteiger partial charge in [-0.1, -0.05) is 13.0 Å². The Hall–Kier alpha value is -2.03. The van der Waals surface area contributed by atoms with Crippen LogP contribution in [0.1, 0.15) is 29.3 Å².